The second-order valence-electron chi connectivity index (χ2n) is 13.8. The van der Waals surface area contributed by atoms with Gasteiger partial charge in [-0.05, 0) is 98.2 Å². The van der Waals surface area contributed by atoms with Gasteiger partial charge >= 0.3 is 11.9 Å². The lowest BCUT2D eigenvalue weighted by Gasteiger charge is -2.62. The van der Waals surface area contributed by atoms with Gasteiger partial charge in [0.05, 0.1) is 7.11 Å². The summed E-state index contributed by atoms with van der Waals surface area (Å²) in [5, 5.41) is 0. The second-order valence-corrected chi connectivity index (χ2v) is 13.8. The quantitative estimate of drug-likeness (QED) is 0.286. The number of hydrogen-bond donors (Lipinski definition) is 0. The molecule has 4 nitrogen and oxygen atoms in total. The molecule has 2 fully saturated rings. The predicted molar refractivity (Wildman–Crippen MR) is 140 cm³/mol. The predicted octanol–water partition coefficient (Wildman–Crippen LogP) is 7.65. The molecule has 0 N–H and O–H groups in total. The first kappa shape index (κ1) is 26.7. The van der Waals surface area contributed by atoms with Crippen LogP contribution in [0.4, 0.5) is 0 Å². The van der Waals surface area contributed by atoms with Crippen molar-refractivity contribution < 1.29 is 19.1 Å². The van der Waals surface area contributed by atoms with Crippen LogP contribution in [0.2, 0.25) is 0 Å². The standard InChI is InChI=1S/C31H50O4/c1-20(10-9-11-27(33)34-8)22-14-18-31(7)24-12-13-25-28(3,4)26(35-21(2)32)16-17-29(25,5)23(24)15-19-30(22,31)6/h20,22,25-26H,9-19H2,1-8H3/t20-,22-,25+,26+,29-,30-,31+/m1/s1. The van der Waals surface area contributed by atoms with E-state index >= 15 is 0 Å². The van der Waals surface area contributed by atoms with E-state index in [2.05, 4.69) is 41.5 Å². The number of carbonyl (C=O) groups is 2. The van der Waals surface area contributed by atoms with Crippen LogP contribution in [0.3, 0.4) is 0 Å². The summed E-state index contributed by atoms with van der Waals surface area (Å²) in [5.74, 6) is 1.71. The lowest BCUT2D eigenvalue weighted by molar-refractivity contribution is -0.167. The summed E-state index contributed by atoms with van der Waals surface area (Å²) in [7, 11) is 1.49. The average molecular weight is 487 g/mol. The number of rotatable bonds is 6. The Labute approximate surface area is 214 Å². The molecule has 0 aromatic carbocycles. The summed E-state index contributed by atoms with van der Waals surface area (Å²) >= 11 is 0. The van der Waals surface area contributed by atoms with Crippen molar-refractivity contribution in [3.8, 4) is 0 Å². The van der Waals surface area contributed by atoms with Gasteiger partial charge in [0, 0.05) is 18.8 Å². The van der Waals surface area contributed by atoms with Crippen LogP contribution in [0.25, 0.3) is 0 Å². The summed E-state index contributed by atoms with van der Waals surface area (Å²) in [5.41, 5.74) is 4.43. The van der Waals surface area contributed by atoms with E-state index in [1.54, 1.807) is 18.1 Å². The number of carbonyl (C=O) groups excluding carboxylic acids is 2. The minimum atomic E-state index is -0.138. The summed E-state index contributed by atoms with van der Waals surface area (Å²) in [6, 6.07) is 0. The molecule has 0 spiro atoms. The normalized spacial score (nSPS) is 40.9. The van der Waals surface area contributed by atoms with E-state index in [0.717, 1.165) is 31.6 Å². The zero-order valence-corrected chi connectivity index (χ0v) is 23.7. The Morgan fingerprint density at radius 1 is 0.971 bits per heavy atom. The number of fused-ring (bicyclic) bond motifs is 4. The van der Waals surface area contributed by atoms with Crippen molar-refractivity contribution in [1.82, 2.24) is 0 Å². The first-order valence-corrected chi connectivity index (χ1v) is 14.3. The van der Waals surface area contributed by atoms with E-state index in [4.69, 9.17) is 9.47 Å². The van der Waals surface area contributed by atoms with Gasteiger partial charge in [0.25, 0.3) is 0 Å². The molecule has 35 heavy (non-hydrogen) atoms. The monoisotopic (exact) mass is 486 g/mol. The summed E-state index contributed by atoms with van der Waals surface area (Å²) in [4.78, 5) is 23.4. The number of hydrogen-bond acceptors (Lipinski definition) is 4. The fourth-order valence-electron chi connectivity index (χ4n) is 9.90. The average Bonchev–Trinajstić information content (AvgIpc) is 3.07. The Balaban J connectivity index is 1.59. The molecule has 0 bridgehead atoms. The molecule has 0 heterocycles. The number of ether oxygens (including phenoxy) is 2. The smallest absolute Gasteiger partial charge is 0.305 e. The van der Waals surface area contributed by atoms with Gasteiger partial charge in [0.2, 0.25) is 0 Å². The molecule has 0 aromatic rings. The van der Waals surface area contributed by atoms with E-state index in [1.807, 2.05) is 0 Å². The van der Waals surface area contributed by atoms with E-state index < -0.39 is 0 Å². The molecule has 4 aliphatic carbocycles. The van der Waals surface area contributed by atoms with Crippen molar-refractivity contribution in [3.05, 3.63) is 11.1 Å². The maximum Gasteiger partial charge on any atom is 0.305 e. The third kappa shape index (κ3) is 4.09. The maximum atomic E-state index is 11.8. The maximum absolute atomic E-state index is 11.8. The molecule has 4 rings (SSSR count). The number of esters is 2. The molecule has 4 heteroatoms. The zero-order chi connectivity index (χ0) is 25.8. The van der Waals surface area contributed by atoms with Gasteiger partial charge in [-0.1, -0.05) is 52.7 Å². The minimum Gasteiger partial charge on any atom is -0.469 e. The van der Waals surface area contributed by atoms with E-state index in [-0.39, 0.29) is 34.3 Å². The van der Waals surface area contributed by atoms with Gasteiger partial charge in [-0.2, -0.15) is 0 Å². The molecule has 7 atom stereocenters. The van der Waals surface area contributed by atoms with Crippen molar-refractivity contribution in [2.75, 3.05) is 7.11 Å². The van der Waals surface area contributed by atoms with Gasteiger partial charge in [0.15, 0.2) is 0 Å². The SMILES string of the molecule is COC(=O)CCC[C@@H](C)[C@H]1CC[C@@]2(C)C3=C(CC[C@]12C)[C@@]1(C)CC[C@H](OC(C)=O)C(C)(C)[C@@H]1CC3. The number of methoxy groups -OCH3 is 1. The highest BCUT2D eigenvalue weighted by atomic mass is 16.5. The van der Waals surface area contributed by atoms with E-state index in [1.165, 1.54) is 45.6 Å². The first-order valence-electron chi connectivity index (χ1n) is 14.3. The van der Waals surface area contributed by atoms with Crippen LogP contribution >= 0.6 is 0 Å². The Morgan fingerprint density at radius 3 is 2.34 bits per heavy atom. The molecule has 0 radical (unpaired) electrons. The van der Waals surface area contributed by atoms with Gasteiger partial charge in [-0.25, -0.2) is 0 Å². The minimum absolute atomic E-state index is 0.00518. The molecule has 0 saturated heterocycles. The topological polar surface area (TPSA) is 52.6 Å². The zero-order valence-electron chi connectivity index (χ0n) is 23.7. The molecular formula is C31H50O4. The van der Waals surface area contributed by atoms with Crippen LogP contribution in [0.5, 0.6) is 0 Å². The van der Waals surface area contributed by atoms with Gasteiger partial charge in [-0.3, -0.25) is 9.59 Å². The van der Waals surface area contributed by atoms with Crippen molar-refractivity contribution >= 4 is 11.9 Å². The van der Waals surface area contributed by atoms with E-state index in [0.29, 0.717) is 23.7 Å². The molecule has 0 aliphatic heterocycles. The van der Waals surface area contributed by atoms with Gasteiger partial charge in [0.1, 0.15) is 6.10 Å². The Bertz CT molecular complexity index is 886. The summed E-state index contributed by atoms with van der Waals surface area (Å²) < 4.78 is 10.7. The Morgan fingerprint density at radius 2 is 1.69 bits per heavy atom. The Kier molecular flexibility index (Phi) is 7.03. The van der Waals surface area contributed by atoms with Crippen LogP contribution in [0.15, 0.2) is 11.1 Å². The third-order valence-corrected chi connectivity index (χ3v) is 12.0. The third-order valence-electron chi connectivity index (χ3n) is 12.0. The van der Waals surface area contributed by atoms with Crippen LogP contribution in [-0.2, 0) is 19.1 Å². The van der Waals surface area contributed by atoms with Crippen molar-refractivity contribution in [1.29, 1.82) is 0 Å². The lowest BCUT2D eigenvalue weighted by atomic mass is 9.43. The van der Waals surface area contributed by atoms with Gasteiger partial charge < -0.3 is 9.47 Å². The first-order chi connectivity index (χ1) is 16.3. The largest absolute Gasteiger partial charge is 0.469 e. The lowest BCUT2D eigenvalue weighted by Crippen LogP contribution is -2.55. The molecule has 0 amide bonds. The second kappa shape index (κ2) is 9.21. The van der Waals surface area contributed by atoms with E-state index in [9.17, 15) is 9.59 Å². The molecule has 0 aromatic heterocycles. The summed E-state index contributed by atoms with van der Waals surface area (Å²) in [6.45, 7) is 16.4. The fraction of sp³-hybridized carbons (Fsp3) is 0.871. The number of allylic oxidation sites excluding steroid dienone is 2. The molecule has 2 saturated carbocycles. The highest BCUT2D eigenvalue weighted by Gasteiger charge is 2.63. The molecule has 4 aliphatic rings. The summed E-state index contributed by atoms with van der Waals surface area (Å²) in [6.07, 6.45) is 12.3. The molecular weight excluding hydrogens is 436 g/mol. The highest BCUT2D eigenvalue weighted by molar-refractivity contribution is 5.69. The molecule has 198 valence electrons. The van der Waals surface area contributed by atoms with Crippen molar-refractivity contribution in [2.24, 2.45) is 39.4 Å². The Hall–Kier alpha value is -1.32. The highest BCUT2D eigenvalue weighted by Crippen LogP contribution is 2.72. The molecule has 0 unspecified atom stereocenters. The van der Waals surface area contributed by atoms with Crippen LogP contribution < -0.4 is 0 Å². The van der Waals surface area contributed by atoms with Crippen molar-refractivity contribution in [3.63, 3.8) is 0 Å². The van der Waals surface area contributed by atoms with Crippen molar-refractivity contribution in [2.45, 2.75) is 125 Å². The van der Waals surface area contributed by atoms with Gasteiger partial charge in [-0.15, -0.1) is 0 Å². The van der Waals surface area contributed by atoms with Crippen LogP contribution in [0.1, 0.15) is 119 Å². The van der Waals surface area contributed by atoms with Crippen LogP contribution in [0, 0.1) is 39.4 Å². The van der Waals surface area contributed by atoms with Crippen LogP contribution in [-0.4, -0.2) is 25.2 Å². The fourth-order valence-corrected chi connectivity index (χ4v) is 9.90.